The number of hydrogen-bond donors (Lipinski definition) is 1. The topological polar surface area (TPSA) is 105 Å². The molecule has 0 unspecified atom stereocenters. The van der Waals surface area contributed by atoms with Gasteiger partial charge in [0.25, 0.3) is 0 Å². The first-order chi connectivity index (χ1) is 17.1. The first kappa shape index (κ1) is 23.6. The first-order valence-corrected chi connectivity index (χ1v) is 12.6. The van der Waals surface area contributed by atoms with E-state index < -0.39 is 10.5 Å². The van der Waals surface area contributed by atoms with E-state index in [1.54, 1.807) is 30.3 Å². The number of hydrogen-bond acceptors (Lipinski definition) is 5. The number of pyridine rings is 1. The number of nitrogens with one attached hydrogen (secondary N) is 1. The van der Waals surface area contributed by atoms with E-state index in [9.17, 15) is 22.4 Å². The molecule has 0 bridgehead atoms. The summed E-state index contributed by atoms with van der Waals surface area (Å²) in [5, 5.41) is 11.1. The smallest absolute Gasteiger partial charge is 0.358 e. The molecule has 0 aliphatic rings. The fourth-order valence-electron chi connectivity index (χ4n) is 4.79. The van der Waals surface area contributed by atoms with Crippen LogP contribution in [0.1, 0.15) is 25.0 Å². The number of aryl methyl sites for hydroxylation is 1. The molecular formula is C27H22FN3O4S. The lowest BCUT2D eigenvalue weighted by atomic mass is 9.91. The molecule has 7 nitrogen and oxygen atoms in total. The first-order valence-electron chi connectivity index (χ1n) is 11.3. The molecule has 2 heterocycles. The number of fused-ring (bicyclic) bond motifs is 4. The van der Waals surface area contributed by atoms with E-state index in [1.165, 1.54) is 12.1 Å². The van der Waals surface area contributed by atoms with Gasteiger partial charge in [0, 0.05) is 23.3 Å². The van der Waals surface area contributed by atoms with Gasteiger partial charge < -0.3 is 13.7 Å². The second-order valence-electron chi connectivity index (χ2n) is 9.24. The molecule has 0 radical (unpaired) electrons. The average molecular weight is 504 g/mol. The number of aromatic nitrogens is 2. The van der Waals surface area contributed by atoms with Gasteiger partial charge in [-0.25, -0.2) is 0 Å². The van der Waals surface area contributed by atoms with Crippen molar-refractivity contribution >= 4 is 43.3 Å². The van der Waals surface area contributed by atoms with Gasteiger partial charge in [-0.3, -0.25) is 4.79 Å². The van der Waals surface area contributed by atoms with Crippen molar-refractivity contribution in [1.82, 2.24) is 9.55 Å². The van der Waals surface area contributed by atoms with Crippen LogP contribution in [0.5, 0.6) is 5.75 Å². The van der Waals surface area contributed by atoms with Crippen LogP contribution in [0.25, 0.3) is 44.0 Å². The summed E-state index contributed by atoms with van der Waals surface area (Å²) in [5.41, 5.74) is 4.70. The average Bonchev–Trinajstić information content (AvgIpc) is 3.20. The molecule has 5 rings (SSSR count). The van der Waals surface area contributed by atoms with Crippen LogP contribution in [0.2, 0.25) is 0 Å². The van der Waals surface area contributed by atoms with Crippen molar-refractivity contribution in [3.63, 3.8) is 0 Å². The van der Waals surface area contributed by atoms with E-state index in [0.717, 1.165) is 16.5 Å². The van der Waals surface area contributed by atoms with Crippen molar-refractivity contribution in [2.45, 2.75) is 20.3 Å². The zero-order valence-electron chi connectivity index (χ0n) is 19.8. The van der Waals surface area contributed by atoms with Crippen molar-refractivity contribution in [3.8, 4) is 22.9 Å². The third-order valence-corrected chi connectivity index (χ3v) is 6.66. The summed E-state index contributed by atoms with van der Waals surface area (Å²) >= 11 is 0. The molecule has 5 aromatic rings. The van der Waals surface area contributed by atoms with Crippen molar-refractivity contribution in [1.29, 1.82) is 5.26 Å². The molecule has 0 aliphatic carbocycles. The van der Waals surface area contributed by atoms with Crippen molar-refractivity contribution in [3.05, 3.63) is 75.9 Å². The number of benzene rings is 3. The highest BCUT2D eigenvalue weighted by atomic mass is 32.3. The normalized spacial score (nSPS) is 12.0. The summed E-state index contributed by atoms with van der Waals surface area (Å²) in [4.78, 5) is 17.0. The lowest BCUT2D eigenvalue weighted by Gasteiger charge is -2.16. The van der Waals surface area contributed by atoms with Crippen LogP contribution in [0.4, 0.5) is 3.89 Å². The predicted octanol–water partition coefficient (Wildman–Crippen LogP) is 5.50. The van der Waals surface area contributed by atoms with Crippen LogP contribution in [-0.2, 0) is 24.0 Å². The van der Waals surface area contributed by atoms with Crippen LogP contribution in [0.15, 0.2) is 59.4 Å². The summed E-state index contributed by atoms with van der Waals surface area (Å²) in [5.74, 6) is 0.135. The molecule has 0 spiro atoms. The molecule has 182 valence electrons. The molecule has 9 heteroatoms. The molecule has 0 amide bonds. The van der Waals surface area contributed by atoms with Gasteiger partial charge in [-0.1, -0.05) is 35.9 Å². The summed E-state index contributed by atoms with van der Waals surface area (Å²) in [6.07, 6.45) is 0.665. The highest BCUT2D eigenvalue weighted by Crippen LogP contribution is 2.34. The van der Waals surface area contributed by atoms with E-state index >= 15 is 0 Å². The van der Waals surface area contributed by atoms with Gasteiger partial charge in [-0.15, -0.1) is 0 Å². The van der Waals surface area contributed by atoms with E-state index in [1.807, 2.05) is 23.7 Å². The largest absolute Gasteiger partial charge is 0.488 e. The maximum absolute atomic E-state index is 13.7. The summed E-state index contributed by atoms with van der Waals surface area (Å²) in [7, 11) is -3.31. The Morgan fingerprint density at radius 2 is 1.89 bits per heavy atom. The second kappa shape index (κ2) is 8.50. The van der Waals surface area contributed by atoms with Crippen molar-refractivity contribution < 1.29 is 16.5 Å². The molecule has 2 aromatic heterocycles. The third kappa shape index (κ3) is 4.10. The molecular weight excluding hydrogens is 481 g/mol. The monoisotopic (exact) mass is 503 g/mol. The minimum Gasteiger partial charge on any atom is -0.358 e. The maximum atomic E-state index is 13.7. The number of nitrogens with zero attached hydrogens (tertiary/aromatic N) is 2. The standard InChI is InChI=1S/C27H22FN3O4S/c1-15(2)9-18-12-22-24(13-21(18)17-5-4-6-19(11-17)35-36(28,33)34)31(3)27-25(26(22)32)20-8-7-16(14-29)10-23(20)30-27/h4-8,10-13,15,30H,9H2,1-3H3. The fourth-order valence-corrected chi connectivity index (χ4v) is 5.12. The molecule has 1 N–H and O–H groups in total. The Morgan fingerprint density at radius 1 is 1.11 bits per heavy atom. The Morgan fingerprint density at radius 3 is 2.58 bits per heavy atom. The van der Waals surface area contributed by atoms with Gasteiger partial charge in [-0.2, -0.15) is 13.7 Å². The van der Waals surface area contributed by atoms with E-state index in [4.69, 9.17) is 0 Å². The Bertz CT molecular complexity index is 1900. The minimum absolute atomic E-state index is 0.119. The molecule has 0 saturated heterocycles. The minimum atomic E-state index is -5.16. The van der Waals surface area contributed by atoms with Gasteiger partial charge in [-0.05, 0) is 65.4 Å². The number of halogens is 1. The number of rotatable bonds is 5. The molecule has 36 heavy (non-hydrogen) atoms. The van der Waals surface area contributed by atoms with Crippen LogP contribution in [0, 0.1) is 17.2 Å². The van der Waals surface area contributed by atoms with Crippen molar-refractivity contribution in [2.24, 2.45) is 13.0 Å². The highest BCUT2D eigenvalue weighted by Gasteiger charge is 2.19. The van der Waals surface area contributed by atoms with Crippen LogP contribution < -0.4 is 9.61 Å². The molecule has 0 fully saturated rings. The molecule has 0 aliphatic heterocycles. The van der Waals surface area contributed by atoms with Gasteiger partial charge in [0.2, 0.25) is 0 Å². The quantitative estimate of drug-likeness (QED) is 0.319. The van der Waals surface area contributed by atoms with Gasteiger partial charge in [0.05, 0.1) is 22.5 Å². The van der Waals surface area contributed by atoms with E-state index in [0.29, 0.717) is 45.0 Å². The van der Waals surface area contributed by atoms with Crippen LogP contribution in [-0.4, -0.2) is 18.0 Å². The zero-order valence-corrected chi connectivity index (χ0v) is 20.6. The maximum Gasteiger partial charge on any atom is 0.488 e. The van der Waals surface area contributed by atoms with E-state index in [2.05, 4.69) is 29.1 Å². The summed E-state index contributed by atoms with van der Waals surface area (Å²) in [6.45, 7) is 4.13. The Labute approximate surface area is 206 Å². The number of H-pyrrole nitrogens is 1. The van der Waals surface area contributed by atoms with Crippen LogP contribution in [0.3, 0.4) is 0 Å². The molecule has 3 aromatic carbocycles. The zero-order chi connectivity index (χ0) is 25.8. The second-order valence-corrected chi connectivity index (χ2v) is 10.2. The third-order valence-electron chi connectivity index (χ3n) is 6.27. The van der Waals surface area contributed by atoms with Gasteiger partial charge in [0.15, 0.2) is 5.43 Å². The lowest BCUT2D eigenvalue weighted by molar-refractivity contribution is 0.440. The van der Waals surface area contributed by atoms with Gasteiger partial charge >= 0.3 is 10.5 Å². The number of nitriles is 1. The van der Waals surface area contributed by atoms with Gasteiger partial charge in [0.1, 0.15) is 11.4 Å². The summed E-state index contributed by atoms with van der Waals surface area (Å²) in [6, 6.07) is 17.3. The fraction of sp³-hybridized carbons (Fsp3) is 0.185. The van der Waals surface area contributed by atoms with Crippen molar-refractivity contribution in [2.75, 3.05) is 0 Å². The molecule has 0 saturated carbocycles. The Hall–Kier alpha value is -4.16. The highest BCUT2D eigenvalue weighted by molar-refractivity contribution is 7.81. The van der Waals surface area contributed by atoms with Crippen LogP contribution >= 0.6 is 0 Å². The number of aromatic amines is 1. The molecule has 0 atom stereocenters. The Balaban J connectivity index is 1.83. The predicted molar refractivity (Wildman–Crippen MR) is 138 cm³/mol. The SMILES string of the molecule is CC(C)Cc1cc2c(=O)c3c4ccc(C#N)cc4[nH]c3n(C)c2cc1-c1cccc(OS(=O)(=O)F)c1. The van der Waals surface area contributed by atoms with E-state index in [-0.39, 0.29) is 17.1 Å². The Kier molecular flexibility index (Phi) is 5.57. The lowest BCUT2D eigenvalue weighted by Crippen LogP contribution is -2.10. The summed E-state index contributed by atoms with van der Waals surface area (Å²) < 4.78 is 41.5.